The number of rotatable bonds is 6. The van der Waals surface area contributed by atoms with E-state index in [4.69, 9.17) is 24.5 Å². The van der Waals surface area contributed by atoms with E-state index >= 15 is 0 Å². The van der Waals surface area contributed by atoms with Gasteiger partial charge in [0, 0.05) is 16.5 Å². The molecule has 0 aliphatic carbocycles. The molecule has 6 nitrogen and oxygen atoms in total. The number of nitrogens with one attached hydrogen (secondary N) is 1. The summed E-state index contributed by atoms with van der Waals surface area (Å²) in [5.74, 6) is -2.68. The Morgan fingerprint density at radius 2 is 1.74 bits per heavy atom. The van der Waals surface area contributed by atoms with Crippen molar-refractivity contribution in [3.8, 4) is 5.75 Å². The summed E-state index contributed by atoms with van der Waals surface area (Å²) >= 11 is 1.75. The highest BCUT2D eigenvalue weighted by molar-refractivity contribution is 7.17. The first kappa shape index (κ1) is 20.4. The van der Waals surface area contributed by atoms with Crippen LogP contribution in [0.3, 0.4) is 0 Å². The second-order valence-electron chi connectivity index (χ2n) is 5.61. The first-order valence-electron chi connectivity index (χ1n) is 8.31. The average molecular weight is 387 g/mol. The Bertz CT molecular complexity index is 866. The van der Waals surface area contributed by atoms with Crippen LogP contribution in [-0.4, -0.2) is 35.7 Å². The van der Waals surface area contributed by atoms with Gasteiger partial charge in [-0.05, 0) is 42.7 Å². The molecule has 142 valence electrons. The lowest BCUT2D eigenvalue weighted by molar-refractivity contribution is -0.159. The second kappa shape index (κ2) is 10.3. The van der Waals surface area contributed by atoms with E-state index in [1.807, 2.05) is 13.1 Å². The Morgan fingerprint density at radius 3 is 2.37 bits per heavy atom. The minimum Gasteiger partial charge on any atom is -0.485 e. The van der Waals surface area contributed by atoms with Crippen molar-refractivity contribution < 1.29 is 24.5 Å². The highest BCUT2D eigenvalue weighted by Crippen LogP contribution is 2.33. The number of thiophene rings is 1. The molecule has 0 aliphatic heterocycles. The minimum absolute atomic E-state index is 0.0733. The van der Waals surface area contributed by atoms with Gasteiger partial charge in [-0.1, -0.05) is 36.4 Å². The molecule has 7 heteroatoms. The van der Waals surface area contributed by atoms with Crippen molar-refractivity contribution in [1.29, 1.82) is 0 Å². The molecule has 27 heavy (non-hydrogen) atoms. The maximum atomic E-state index is 9.10. The highest BCUT2D eigenvalue weighted by Gasteiger charge is 2.14. The third kappa shape index (κ3) is 6.09. The zero-order valence-corrected chi connectivity index (χ0v) is 15.6. The fourth-order valence-corrected chi connectivity index (χ4v) is 3.26. The number of aliphatic carboxylic acids is 2. The third-order valence-electron chi connectivity index (χ3n) is 3.74. The maximum Gasteiger partial charge on any atom is 0.414 e. The zero-order chi connectivity index (χ0) is 19.6. The van der Waals surface area contributed by atoms with Crippen molar-refractivity contribution in [2.45, 2.75) is 12.5 Å². The molecule has 3 rings (SSSR count). The molecule has 1 atom stereocenters. The second-order valence-corrected chi connectivity index (χ2v) is 6.56. The summed E-state index contributed by atoms with van der Waals surface area (Å²) in [7, 11) is 1.97. The molecule has 0 unspecified atom stereocenters. The van der Waals surface area contributed by atoms with Crippen LogP contribution in [0.15, 0.2) is 60.0 Å². The molecule has 0 fully saturated rings. The minimum atomic E-state index is -1.82. The summed E-state index contributed by atoms with van der Waals surface area (Å²) < 4.78 is 7.61. The maximum absolute atomic E-state index is 9.10. The molecule has 0 bridgehead atoms. The Morgan fingerprint density at radius 1 is 1.04 bits per heavy atom. The van der Waals surface area contributed by atoms with Gasteiger partial charge in [-0.3, -0.25) is 0 Å². The molecule has 1 heterocycles. The summed E-state index contributed by atoms with van der Waals surface area (Å²) in [4.78, 5) is 18.2. The summed E-state index contributed by atoms with van der Waals surface area (Å²) in [5, 5.41) is 21.3. The molecule has 0 saturated carbocycles. The van der Waals surface area contributed by atoms with Crippen LogP contribution in [0.1, 0.15) is 18.1 Å². The fraction of sp³-hybridized carbons (Fsp3) is 0.200. The first-order chi connectivity index (χ1) is 13.0. The van der Waals surface area contributed by atoms with Crippen molar-refractivity contribution in [3.05, 3.63) is 65.5 Å². The number of hydrogen-bond acceptors (Lipinski definition) is 5. The van der Waals surface area contributed by atoms with Crippen molar-refractivity contribution in [3.63, 3.8) is 0 Å². The molecular weight excluding hydrogens is 366 g/mol. The number of carbonyl (C=O) groups is 2. The van der Waals surface area contributed by atoms with Gasteiger partial charge in [0.1, 0.15) is 11.9 Å². The van der Waals surface area contributed by atoms with Crippen LogP contribution in [0, 0.1) is 0 Å². The van der Waals surface area contributed by atoms with E-state index in [9.17, 15) is 0 Å². The average Bonchev–Trinajstić information content (AvgIpc) is 3.16. The summed E-state index contributed by atoms with van der Waals surface area (Å²) in [6, 6.07) is 18.8. The van der Waals surface area contributed by atoms with Crippen molar-refractivity contribution in [2.75, 3.05) is 13.6 Å². The Balaban J connectivity index is 0.000000380. The molecule has 3 N–H and O–H groups in total. The van der Waals surface area contributed by atoms with E-state index in [-0.39, 0.29) is 6.10 Å². The van der Waals surface area contributed by atoms with Crippen LogP contribution in [0.2, 0.25) is 0 Å². The van der Waals surface area contributed by atoms with Gasteiger partial charge in [0.15, 0.2) is 0 Å². The van der Waals surface area contributed by atoms with E-state index in [1.165, 1.54) is 15.6 Å². The van der Waals surface area contributed by atoms with E-state index in [0.29, 0.717) is 0 Å². The number of ether oxygens (including phenoxy) is 1. The topological polar surface area (TPSA) is 95.9 Å². The van der Waals surface area contributed by atoms with Gasteiger partial charge in [-0.2, -0.15) is 0 Å². The predicted molar refractivity (Wildman–Crippen MR) is 105 cm³/mol. The summed E-state index contributed by atoms with van der Waals surface area (Å²) in [5.41, 5.74) is 1.22. The van der Waals surface area contributed by atoms with E-state index in [0.717, 1.165) is 18.7 Å². The number of carboxylic acid groups (broad SMARTS) is 2. The van der Waals surface area contributed by atoms with E-state index < -0.39 is 11.9 Å². The Labute approximate surface area is 161 Å². The molecule has 0 aliphatic rings. The van der Waals surface area contributed by atoms with Crippen LogP contribution >= 0.6 is 11.3 Å². The van der Waals surface area contributed by atoms with Crippen molar-refractivity contribution >= 4 is 33.4 Å². The lowest BCUT2D eigenvalue weighted by Crippen LogP contribution is -2.16. The van der Waals surface area contributed by atoms with E-state index in [1.54, 1.807) is 11.3 Å². The standard InChI is InChI=1S/C18H19NOS.C2H2O4/c1-19-12-10-16(14-6-3-2-4-7-14)20-17-8-5-9-18-15(17)11-13-21-18;3-1(4)2(5)6/h2-9,11,13,16,19H,10,12H2,1H3;(H,3,4)(H,5,6)/t16-;/m1./s1. The van der Waals surface area contributed by atoms with Crippen LogP contribution in [0.5, 0.6) is 5.75 Å². The normalized spacial score (nSPS) is 11.3. The number of fused-ring (bicyclic) bond motifs is 1. The monoisotopic (exact) mass is 387 g/mol. The largest absolute Gasteiger partial charge is 0.485 e. The van der Waals surface area contributed by atoms with Gasteiger partial charge in [0.05, 0.1) is 0 Å². The van der Waals surface area contributed by atoms with Crippen molar-refractivity contribution in [2.24, 2.45) is 0 Å². The van der Waals surface area contributed by atoms with Gasteiger partial charge in [-0.15, -0.1) is 11.3 Å². The van der Waals surface area contributed by atoms with Gasteiger partial charge in [-0.25, -0.2) is 9.59 Å². The quantitative estimate of drug-likeness (QED) is 0.557. The number of hydrogen-bond donors (Lipinski definition) is 3. The predicted octanol–water partition coefficient (Wildman–Crippen LogP) is 3.79. The zero-order valence-electron chi connectivity index (χ0n) is 14.8. The van der Waals surface area contributed by atoms with Gasteiger partial charge >= 0.3 is 11.9 Å². The molecule has 0 radical (unpaired) electrons. The first-order valence-corrected chi connectivity index (χ1v) is 9.19. The third-order valence-corrected chi connectivity index (χ3v) is 4.62. The molecule has 0 amide bonds. The highest BCUT2D eigenvalue weighted by atomic mass is 32.1. The van der Waals surface area contributed by atoms with Gasteiger partial charge in [0.2, 0.25) is 0 Å². The SMILES string of the molecule is CNCC[C@@H](Oc1cccc2sccc12)c1ccccc1.O=C(O)C(=O)O. The van der Waals surface area contributed by atoms with Crippen molar-refractivity contribution in [1.82, 2.24) is 5.32 Å². The summed E-state index contributed by atoms with van der Waals surface area (Å²) in [6.07, 6.45) is 1.02. The smallest absolute Gasteiger partial charge is 0.414 e. The lowest BCUT2D eigenvalue weighted by Gasteiger charge is -2.20. The van der Waals surface area contributed by atoms with Crippen LogP contribution in [0.4, 0.5) is 0 Å². The van der Waals surface area contributed by atoms with Crippen LogP contribution in [-0.2, 0) is 9.59 Å². The molecule has 3 aromatic rings. The molecule has 2 aromatic carbocycles. The molecule has 0 spiro atoms. The fourth-order valence-electron chi connectivity index (χ4n) is 2.46. The number of carboxylic acids is 2. The Hall–Kier alpha value is -2.90. The van der Waals surface area contributed by atoms with Gasteiger partial charge in [0.25, 0.3) is 0 Å². The molecular formula is C20H21NO5S. The molecule has 0 saturated heterocycles. The Kier molecular flexibility index (Phi) is 7.79. The van der Waals surface area contributed by atoms with Crippen LogP contribution in [0.25, 0.3) is 10.1 Å². The lowest BCUT2D eigenvalue weighted by atomic mass is 10.1. The number of benzene rings is 2. The van der Waals surface area contributed by atoms with E-state index in [2.05, 4.69) is 59.2 Å². The summed E-state index contributed by atoms with van der Waals surface area (Å²) in [6.45, 7) is 0.930. The van der Waals surface area contributed by atoms with Gasteiger partial charge < -0.3 is 20.3 Å². The van der Waals surface area contributed by atoms with Crippen LogP contribution < -0.4 is 10.1 Å². The molecule has 1 aromatic heterocycles.